The number of ether oxygens (including phenoxy) is 1. The van der Waals surface area contributed by atoms with Gasteiger partial charge < -0.3 is 14.3 Å². The minimum atomic E-state index is -1.21. The zero-order valence-corrected chi connectivity index (χ0v) is 35.7. The number of aromatic nitrogens is 2. The molecule has 2 aromatic rings. The monoisotopic (exact) mass is 784 g/mol. The zero-order valence-electron chi connectivity index (χ0n) is 34.9. The summed E-state index contributed by atoms with van der Waals surface area (Å²) in [6.07, 6.45) is 6.88. The summed E-state index contributed by atoms with van der Waals surface area (Å²) < 4.78 is 13.0. The number of esters is 1. The maximum atomic E-state index is 14.3. The highest BCUT2D eigenvalue weighted by molar-refractivity contribution is 6.30. The minimum Gasteiger partial charge on any atom is -0.481 e. The molecule has 5 aliphatic carbocycles. The van der Waals surface area contributed by atoms with E-state index in [4.69, 9.17) is 30.7 Å². The minimum absolute atomic E-state index is 0.0412. The van der Waals surface area contributed by atoms with E-state index in [9.17, 15) is 19.5 Å². The third kappa shape index (κ3) is 4.92. The van der Waals surface area contributed by atoms with E-state index >= 15 is 0 Å². The van der Waals surface area contributed by atoms with E-state index in [1.54, 1.807) is 13.8 Å². The largest absolute Gasteiger partial charge is 0.481 e. The number of ketones is 1. The van der Waals surface area contributed by atoms with Crippen molar-refractivity contribution in [3.63, 3.8) is 0 Å². The predicted molar refractivity (Wildman–Crippen MR) is 213 cm³/mol. The van der Waals surface area contributed by atoms with Crippen LogP contribution in [0.2, 0.25) is 5.02 Å². The standard InChI is InChI=1S/C46H58ClN3O6/c1-26(2)34-30(51)23-45(37-50-49-36(56-37)40(5,6)27-11-13-28(47)14-12-27)21-19-41(7)29(35(34)45)15-16-31-42(41,8)20-22-46-43(31,9)18-17-32(44(46,10)25-48-46)55-33(52)24-39(3,4)38(53)54/h11-14,26,29,31-32H,15-24H2,1-10H3/p+1/t29-,31+,32+,41-,42-,43-,44-,45-,46+/m1/s1. The van der Waals surface area contributed by atoms with Crippen molar-refractivity contribution in [1.29, 1.82) is 0 Å². The topological polar surface area (TPSA) is 124 Å². The second-order valence-corrected chi connectivity index (χ2v) is 21.2. The highest BCUT2D eigenvalue weighted by Crippen LogP contribution is 2.79. The molecule has 1 aliphatic heterocycles. The van der Waals surface area contributed by atoms with Crippen molar-refractivity contribution in [3.8, 4) is 6.07 Å². The number of allylic oxidation sites excluding steroid dienone is 2. The normalized spacial score (nSPS) is 38.6. The number of aliphatic carboxylic acids is 1. The average molecular weight is 785 g/mol. The van der Waals surface area contributed by atoms with Crippen LogP contribution in [0.25, 0.3) is 4.85 Å². The molecule has 1 N–H and O–H groups in total. The summed E-state index contributed by atoms with van der Waals surface area (Å²) in [6, 6.07) is 11.2. The maximum absolute atomic E-state index is 14.3. The number of halogens is 1. The van der Waals surface area contributed by atoms with Gasteiger partial charge in [0.15, 0.2) is 5.78 Å². The molecule has 10 heteroatoms. The smallest absolute Gasteiger partial charge is 0.312 e. The van der Waals surface area contributed by atoms with Crippen molar-refractivity contribution < 1.29 is 28.6 Å². The van der Waals surface area contributed by atoms with Gasteiger partial charge in [-0.25, -0.2) is 0 Å². The van der Waals surface area contributed by atoms with Gasteiger partial charge in [-0.1, -0.05) is 63.2 Å². The van der Waals surface area contributed by atoms with Crippen LogP contribution in [-0.2, 0) is 30.0 Å². The summed E-state index contributed by atoms with van der Waals surface area (Å²) in [7, 11) is 0. The molecule has 4 fully saturated rings. The lowest BCUT2D eigenvalue weighted by atomic mass is 9.30. The maximum Gasteiger partial charge on any atom is 0.312 e. The first-order chi connectivity index (χ1) is 26.0. The summed E-state index contributed by atoms with van der Waals surface area (Å²) in [6.45, 7) is 21.3. The van der Waals surface area contributed by atoms with Gasteiger partial charge in [0.25, 0.3) is 6.07 Å². The molecule has 2 heterocycles. The third-order valence-electron chi connectivity index (χ3n) is 17.2. The highest BCUT2D eigenvalue weighted by atomic mass is 35.5. The van der Waals surface area contributed by atoms with Gasteiger partial charge in [0.2, 0.25) is 17.2 Å². The first-order valence-electron chi connectivity index (χ1n) is 20.8. The highest BCUT2D eigenvalue weighted by Gasteiger charge is 2.86. The number of nitrogens with zero attached hydrogens (tertiary/aromatic N) is 3. The zero-order chi connectivity index (χ0) is 40.6. The number of carboxylic acids is 1. The van der Waals surface area contributed by atoms with E-state index in [2.05, 4.69) is 66.6 Å². The van der Waals surface area contributed by atoms with Crippen LogP contribution in [0.5, 0.6) is 0 Å². The average Bonchev–Trinajstić information content (AvgIpc) is 3.74. The van der Waals surface area contributed by atoms with Crippen molar-refractivity contribution in [2.45, 2.75) is 156 Å². The molecule has 4 saturated carbocycles. The fourth-order valence-corrected chi connectivity index (χ4v) is 13.6. The van der Waals surface area contributed by atoms with E-state index in [0.29, 0.717) is 35.6 Å². The first kappa shape index (κ1) is 39.3. The molecule has 8 rings (SSSR count). The Morgan fingerprint density at radius 2 is 1.64 bits per heavy atom. The van der Waals surface area contributed by atoms with Crippen LogP contribution in [0.3, 0.4) is 0 Å². The molecule has 9 nitrogen and oxygen atoms in total. The molecule has 0 unspecified atom stereocenters. The SMILES string of the molecule is CC(C)C1=C2[C@H]3CC[C@@H]4[C@@]5(C)CC[C@H](OC(=O)CC(C)(C)C(=O)O)[C@@]6(C)C#[N+][C@]65CC[C@@]4(C)[C@]3(C)CC[C@@]2(c2nnc(C(C)(C)c3ccc(Cl)cc3)o2)CC1=O. The van der Waals surface area contributed by atoms with Crippen LogP contribution in [0.1, 0.15) is 151 Å². The summed E-state index contributed by atoms with van der Waals surface area (Å²) in [5, 5.41) is 19.8. The Morgan fingerprint density at radius 1 is 0.964 bits per heavy atom. The van der Waals surface area contributed by atoms with Gasteiger partial charge in [-0.2, -0.15) is 0 Å². The molecule has 1 aromatic carbocycles. The molecule has 0 bridgehead atoms. The molecule has 0 saturated heterocycles. The van der Waals surface area contributed by atoms with Crippen molar-refractivity contribution in [2.75, 3.05) is 0 Å². The van der Waals surface area contributed by atoms with E-state index < -0.39 is 45.2 Å². The van der Waals surface area contributed by atoms with Crippen molar-refractivity contribution in [3.05, 3.63) is 62.6 Å². The number of carbonyl (C=O) groups is 3. The molecule has 56 heavy (non-hydrogen) atoms. The molecule has 6 aliphatic rings. The summed E-state index contributed by atoms with van der Waals surface area (Å²) in [5.41, 5.74) is -0.364. The fraction of sp³-hybridized carbons (Fsp3) is 0.696. The third-order valence-corrected chi connectivity index (χ3v) is 17.4. The Bertz CT molecular complexity index is 2130. The molecule has 1 aromatic heterocycles. The van der Waals surface area contributed by atoms with Gasteiger partial charge in [0, 0.05) is 17.9 Å². The second-order valence-electron chi connectivity index (χ2n) is 20.8. The predicted octanol–water partition coefficient (Wildman–Crippen LogP) is 10.1. The van der Waals surface area contributed by atoms with Crippen LogP contribution < -0.4 is 0 Å². The van der Waals surface area contributed by atoms with Crippen LogP contribution in [-0.4, -0.2) is 44.7 Å². The number of hydrogen-bond donors (Lipinski definition) is 1. The van der Waals surface area contributed by atoms with Crippen LogP contribution in [0.15, 0.2) is 39.8 Å². The molecule has 0 radical (unpaired) electrons. The van der Waals surface area contributed by atoms with Gasteiger partial charge >= 0.3 is 17.5 Å². The lowest BCUT2D eigenvalue weighted by Gasteiger charge is -2.71. The Kier molecular flexibility index (Phi) is 8.61. The molecule has 300 valence electrons. The number of Topliss-reactive ketones (excluding diaryl/α,β-unsaturated/α-hetero) is 1. The Balaban J connectivity index is 1.13. The van der Waals surface area contributed by atoms with Gasteiger partial charge in [0.1, 0.15) is 6.10 Å². The van der Waals surface area contributed by atoms with Crippen molar-refractivity contribution >= 4 is 29.3 Å². The van der Waals surface area contributed by atoms with E-state index in [1.165, 1.54) is 5.57 Å². The quantitative estimate of drug-likeness (QED) is 0.263. The summed E-state index contributed by atoms with van der Waals surface area (Å²) >= 11 is 6.23. The van der Waals surface area contributed by atoms with Crippen LogP contribution in [0.4, 0.5) is 0 Å². The van der Waals surface area contributed by atoms with E-state index in [-0.39, 0.29) is 40.3 Å². The van der Waals surface area contributed by atoms with E-state index in [0.717, 1.165) is 56.1 Å². The van der Waals surface area contributed by atoms with E-state index in [1.807, 2.05) is 24.3 Å². The number of carboxylic acid groups (broad SMARTS) is 1. The number of carbonyl (C=O) groups excluding carboxylic acids is 2. The summed E-state index contributed by atoms with van der Waals surface area (Å²) in [4.78, 5) is 44.5. The molecule has 0 amide bonds. The Morgan fingerprint density at radius 3 is 2.27 bits per heavy atom. The van der Waals surface area contributed by atoms with Gasteiger partial charge in [0.05, 0.1) is 28.1 Å². The molecular weight excluding hydrogens is 726 g/mol. The summed E-state index contributed by atoms with van der Waals surface area (Å²) in [5.74, 6) is 0.469. The number of fused-ring (bicyclic) bond motifs is 6. The molecular formula is C46H59ClN3O6+. The molecule has 1 spiro atoms. The Labute approximate surface area is 336 Å². The lowest BCUT2D eigenvalue weighted by molar-refractivity contribution is -0.229. The van der Waals surface area contributed by atoms with Gasteiger partial charge in [-0.15, -0.1) is 10.2 Å². The van der Waals surface area contributed by atoms with Crippen LogP contribution >= 0.6 is 11.6 Å². The van der Waals surface area contributed by atoms with Gasteiger partial charge in [-0.05, 0) is 137 Å². The van der Waals surface area contributed by atoms with Crippen LogP contribution in [0, 0.1) is 50.9 Å². The number of benzene rings is 1. The number of hydrogen-bond acceptors (Lipinski definition) is 7. The van der Waals surface area contributed by atoms with Crippen molar-refractivity contribution in [2.24, 2.45) is 44.8 Å². The van der Waals surface area contributed by atoms with Gasteiger partial charge in [-0.3, -0.25) is 14.4 Å². The first-order valence-corrected chi connectivity index (χ1v) is 21.2. The second kappa shape index (κ2) is 12.3. The molecule has 9 atom stereocenters. The number of rotatable bonds is 8. The lowest BCUT2D eigenvalue weighted by Crippen LogP contribution is -2.75. The fourth-order valence-electron chi connectivity index (χ4n) is 13.5. The van der Waals surface area contributed by atoms with Crippen molar-refractivity contribution in [1.82, 2.24) is 10.2 Å². The Hall–Kier alpha value is -3.51.